The van der Waals surface area contributed by atoms with Crippen molar-refractivity contribution >= 4 is 11.8 Å². The number of hydrogen-bond donors (Lipinski definition) is 2. The molecule has 1 heterocycles. The van der Waals surface area contributed by atoms with E-state index >= 15 is 0 Å². The lowest BCUT2D eigenvalue weighted by molar-refractivity contribution is -0.117. The third-order valence-electron chi connectivity index (χ3n) is 2.29. The predicted octanol–water partition coefficient (Wildman–Crippen LogP) is 0.491. The number of aromatic nitrogens is 1. The molecule has 0 bridgehead atoms. The Kier molecular flexibility index (Phi) is 6.10. The molecule has 0 aromatic carbocycles. The third kappa shape index (κ3) is 7.26. The van der Waals surface area contributed by atoms with Crippen molar-refractivity contribution in [3.05, 3.63) is 23.9 Å². The van der Waals surface area contributed by atoms with Gasteiger partial charge in [0.2, 0.25) is 11.8 Å². The van der Waals surface area contributed by atoms with Gasteiger partial charge in [-0.3, -0.25) is 9.59 Å². The summed E-state index contributed by atoms with van der Waals surface area (Å²) in [5.74, 6) is -0.613. The molecule has 0 atom stereocenters. The molecule has 0 fully saturated rings. The van der Waals surface area contributed by atoms with Crippen molar-refractivity contribution in [2.45, 2.75) is 26.4 Å². The molecule has 0 aliphatic rings. The molecule has 0 unspecified atom stereocenters. The van der Waals surface area contributed by atoms with E-state index in [1.807, 2.05) is 20.8 Å². The van der Waals surface area contributed by atoms with Crippen LogP contribution in [0.3, 0.4) is 0 Å². The molecule has 7 heteroatoms. The maximum absolute atomic E-state index is 11.6. The first-order valence-electron chi connectivity index (χ1n) is 6.57. The average Bonchev–Trinajstić information content (AvgIpc) is 2.40. The molecular weight excluding hydrogens is 274 g/mol. The van der Waals surface area contributed by atoms with Crippen molar-refractivity contribution in [3.63, 3.8) is 0 Å². The first-order chi connectivity index (χ1) is 9.78. The van der Waals surface area contributed by atoms with Crippen LogP contribution in [0.2, 0.25) is 0 Å². The van der Waals surface area contributed by atoms with E-state index in [1.54, 1.807) is 12.1 Å². The van der Waals surface area contributed by atoms with Crippen LogP contribution in [-0.2, 0) is 9.53 Å². The molecule has 0 aliphatic heterocycles. The van der Waals surface area contributed by atoms with Crippen molar-refractivity contribution < 1.29 is 19.1 Å². The molecule has 0 saturated carbocycles. The largest absolute Gasteiger partial charge is 0.475 e. The molecule has 0 saturated heterocycles. The Hall–Kier alpha value is -2.15. The summed E-state index contributed by atoms with van der Waals surface area (Å²) >= 11 is 0. The summed E-state index contributed by atoms with van der Waals surface area (Å²) in [6.45, 7) is 6.50. The SMILES string of the molecule is CC(C)(C)OCCOc1ccc(C(=O)NCC(N)=O)cn1. The van der Waals surface area contributed by atoms with E-state index in [0.29, 0.717) is 24.7 Å². The molecule has 1 aromatic rings. The zero-order chi connectivity index (χ0) is 15.9. The van der Waals surface area contributed by atoms with E-state index in [9.17, 15) is 9.59 Å². The van der Waals surface area contributed by atoms with Gasteiger partial charge in [0.1, 0.15) is 6.61 Å². The molecule has 0 aliphatic carbocycles. The Bertz CT molecular complexity index is 480. The molecule has 2 amide bonds. The second-order valence-electron chi connectivity index (χ2n) is 5.34. The molecule has 0 radical (unpaired) electrons. The lowest BCUT2D eigenvalue weighted by Gasteiger charge is -2.19. The number of ether oxygens (including phenoxy) is 2. The minimum atomic E-state index is -0.602. The van der Waals surface area contributed by atoms with Crippen LogP contribution in [0.1, 0.15) is 31.1 Å². The number of nitrogens with zero attached hydrogens (tertiary/aromatic N) is 1. The molecule has 7 nitrogen and oxygen atoms in total. The van der Waals surface area contributed by atoms with E-state index in [4.69, 9.17) is 15.2 Å². The standard InChI is InChI=1S/C14H21N3O4/c1-14(2,3)21-7-6-20-12-5-4-10(8-16-12)13(19)17-9-11(15)18/h4-5,8H,6-7,9H2,1-3H3,(H2,15,18)(H,17,19). The van der Waals surface area contributed by atoms with E-state index < -0.39 is 11.8 Å². The fraction of sp³-hybridized carbons (Fsp3) is 0.500. The normalized spacial score (nSPS) is 11.0. The van der Waals surface area contributed by atoms with Crippen LogP contribution in [0, 0.1) is 0 Å². The summed E-state index contributed by atoms with van der Waals surface area (Å²) in [4.78, 5) is 26.2. The summed E-state index contributed by atoms with van der Waals surface area (Å²) < 4.78 is 10.9. The molecule has 116 valence electrons. The highest BCUT2D eigenvalue weighted by Gasteiger charge is 2.10. The van der Waals surface area contributed by atoms with Crippen LogP contribution in [0.25, 0.3) is 0 Å². The van der Waals surface area contributed by atoms with Gasteiger partial charge in [-0.2, -0.15) is 0 Å². The number of nitrogens with two attached hydrogens (primary N) is 1. The Morgan fingerprint density at radius 3 is 2.52 bits per heavy atom. The lowest BCUT2D eigenvalue weighted by Crippen LogP contribution is -2.33. The van der Waals surface area contributed by atoms with Crippen molar-refractivity contribution in [1.82, 2.24) is 10.3 Å². The fourth-order valence-corrected chi connectivity index (χ4v) is 1.36. The maximum Gasteiger partial charge on any atom is 0.253 e. The molecule has 0 spiro atoms. The fourth-order valence-electron chi connectivity index (χ4n) is 1.36. The number of carbonyl (C=O) groups is 2. The van der Waals surface area contributed by atoms with E-state index in [0.717, 1.165) is 0 Å². The lowest BCUT2D eigenvalue weighted by atomic mass is 10.2. The minimum absolute atomic E-state index is 0.207. The number of rotatable bonds is 7. The Morgan fingerprint density at radius 1 is 1.29 bits per heavy atom. The first-order valence-corrected chi connectivity index (χ1v) is 6.57. The monoisotopic (exact) mass is 295 g/mol. The van der Waals surface area contributed by atoms with E-state index in [-0.39, 0.29) is 12.1 Å². The smallest absolute Gasteiger partial charge is 0.253 e. The van der Waals surface area contributed by atoms with Crippen molar-refractivity contribution in [1.29, 1.82) is 0 Å². The van der Waals surface area contributed by atoms with Gasteiger partial charge in [0.25, 0.3) is 5.91 Å². The van der Waals surface area contributed by atoms with Gasteiger partial charge >= 0.3 is 0 Å². The maximum atomic E-state index is 11.6. The van der Waals surface area contributed by atoms with E-state index in [2.05, 4.69) is 10.3 Å². The summed E-state index contributed by atoms with van der Waals surface area (Å²) in [7, 11) is 0. The highest BCUT2D eigenvalue weighted by molar-refractivity contribution is 5.96. The van der Waals surface area contributed by atoms with E-state index in [1.165, 1.54) is 6.20 Å². The third-order valence-corrected chi connectivity index (χ3v) is 2.29. The highest BCUT2D eigenvalue weighted by Crippen LogP contribution is 2.09. The Morgan fingerprint density at radius 2 is 2.00 bits per heavy atom. The zero-order valence-corrected chi connectivity index (χ0v) is 12.5. The molecular formula is C14H21N3O4. The van der Waals surface area contributed by atoms with Crippen LogP contribution in [-0.4, -0.2) is 42.2 Å². The predicted molar refractivity (Wildman–Crippen MR) is 77.0 cm³/mol. The van der Waals surface area contributed by atoms with Crippen LogP contribution < -0.4 is 15.8 Å². The topological polar surface area (TPSA) is 104 Å². The summed E-state index contributed by atoms with van der Waals surface area (Å²) in [5, 5.41) is 2.37. The van der Waals surface area contributed by atoms with Gasteiger partial charge in [-0.25, -0.2) is 4.98 Å². The van der Waals surface area contributed by atoms with Crippen molar-refractivity contribution in [2.24, 2.45) is 5.73 Å². The van der Waals surface area contributed by atoms with Crippen LogP contribution in [0.5, 0.6) is 5.88 Å². The van der Waals surface area contributed by atoms with Gasteiger partial charge in [0, 0.05) is 12.3 Å². The van der Waals surface area contributed by atoms with Crippen molar-refractivity contribution in [2.75, 3.05) is 19.8 Å². The van der Waals surface area contributed by atoms with Gasteiger partial charge < -0.3 is 20.5 Å². The van der Waals surface area contributed by atoms with Gasteiger partial charge in [0.05, 0.1) is 24.3 Å². The molecule has 3 N–H and O–H groups in total. The molecule has 1 rings (SSSR count). The average molecular weight is 295 g/mol. The summed E-state index contributed by atoms with van der Waals surface area (Å²) in [5.41, 5.74) is 5.06. The quantitative estimate of drug-likeness (QED) is 0.712. The number of pyridine rings is 1. The van der Waals surface area contributed by atoms with Crippen LogP contribution >= 0.6 is 0 Å². The van der Waals surface area contributed by atoms with Gasteiger partial charge in [-0.05, 0) is 26.8 Å². The summed E-state index contributed by atoms with van der Waals surface area (Å²) in [6.07, 6.45) is 1.37. The second kappa shape index (κ2) is 7.58. The Balaban J connectivity index is 2.40. The molecule has 1 aromatic heterocycles. The van der Waals surface area contributed by atoms with Gasteiger partial charge in [0.15, 0.2) is 0 Å². The van der Waals surface area contributed by atoms with Crippen molar-refractivity contribution in [3.8, 4) is 5.88 Å². The number of amides is 2. The van der Waals surface area contributed by atoms with Crippen LogP contribution in [0.4, 0.5) is 0 Å². The van der Waals surface area contributed by atoms with Gasteiger partial charge in [-0.1, -0.05) is 0 Å². The number of carbonyl (C=O) groups excluding carboxylic acids is 2. The highest BCUT2D eigenvalue weighted by atomic mass is 16.5. The first kappa shape index (κ1) is 16.9. The zero-order valence-electron chi connectivity index (χ0n) is 12.5. The summed E-state index contributed by atoms with van der Waals surface area (Å²) in [6, 6.07) is 3.14. The number of hydrogen-bond acceptors (Lipinski definition) is 5. The number of nitrogens with one attached hydrogen (secondary N) is 1. The minimum Gasteiger partial charge on any atom is -0.475 e. The Labute approximate surface area is 123 Å². The van der Waals surface area contributed by atoms with Crippen LogP contribution in [0.15, 0.2) is 18.3 Å². The second-order valence-corrected chi connectivity index (χ2v) is 5.34. The van der Waals surface area contributed by atoms with Gasteiger partial charge in [-0.15, -0.1) is 0 Å². The molecule has 21 heavy (non-hydrogen) atoms. The number of primary amides is 1.